The first kappa shape index (κ1) is 35.4. The highest BCUT2D eigenvalue weighted by Crippen LogP contribution is 2.48. The van der Waals surface area contributed by atoms with Crippen LogP contribution in [-0.2, 0) is 10.8 Å². The van der Waals surface area contributed by atoms with Gasteiger partial charge in [0.15, 0.2) is 0 Å². The van der Waals surface area contributed by atoms with Crippen LogP contribution in [0.2, 0.25) is 0 Å². The van der Waals surface area contributed by atoms with Crippen LogP contribution in [0.4, 0.5) is 34.1 Å². The van der Waals surface area contributed by atoms with Crippen molar-refractivity contribution in [3.05, 3.63) is 175 Å². The van der Waals surface area contributed by atoms with Crippen LogP contribution >= 0.6 is 0 Å². The molecule has 11 rings (SSSR count). The largest absolute Gasteiger partial charge is 0.311 e. The van der Waals surface area contributed by atoms with E-state index in [0.717, 1.165) is 44.9 Å². The molecule has 0 atom stereocenters. The van der Waals surface area contributed by atoms with E-state index in [4.69, 9.17) is 4.98 Å². The molecular formula is C54H45BN4. The molecule has 0 amide bonds. The van der Waals surface area contributed by atoms with Crippen molar-refractivity contribution in [3.63, 3.8) is 0 Å². The van der Waals surface area contributed by atoms with E-state index in [1.165, 1.54) is 60.4 Å². The monoisotopic (exact) mass is 760 g/mol. The Hall–Kier alpha value is -6.72. The van der Waals surface area contributed by atoms with Crippen LogP contribution in [0.25, 0.3) is 43.7 Å². The lowest BCUT2D eigenvalue weighted by Gasteiger charge is -2.44. The van der Waals surface area contributed by atoms with E-state index in [1.54, 1.807) is 6.33 Å². The summed E-state index contributed by atoms with van der Waals surface area (Å²) >= 11 is 0. The topological polar surface area (TPSA) is 32.3 Å². The molecular weight excluding hydrogens is 715 g/mol. The number of nitrogens with zero attached hydrogens (tertiary/aromatic N) is 4. The Morgan fingerprint density at radius 1 is 0.441 bits per heavy atom. The maximum atomic E-state index is 5.03. The van der Waals surface area contributed by atoms with Crippen LogP contribution in [0.15, 0.2) is 164 Å². The lowest BCUT2D eigenvalue weighted by atomic mass is 9.33. The van der Waals surface area contributed by atoms with Gasteiger partial charge in [-0.15, -0.1) is 0 Å². The van der Waals surface area contributed by atoms with Crippen molar-refractivity contribution >= 4 is 89.7 Å². The number of aromatic nitrogens is 2. The first-order chi connectivity index (χ1) is 28.5. The highest BCUT2D eigenvalue weighted by atomic mass is 15.2. The van der Waals surface area contributed by atoms with Gasteiger partial charge < -0.3 is 9.80 Å². The molecule has 0 saturated carbocycles. The van der Waals surface area contributed by atoms with E-state index < -0.39 is 0 Å². The van der Waals surface area contributed by atoms with Gasteiger partial charge in [-0.2, -0.15) is 0 Å². The van der Waals surface area contributed by atoms with E-state index in [2.05, 4.69) is 214 Å². The number of hydrogen-bond donors (Lipinski definition) is 0. The van der Waals surface area contributed by atoms with Crippen LogP contribution in [-0.4, -0.2) is 16.7 Å². The van der Waals surface area contributed by atoms with Crippen LogP contribution < -0.4 is 26.2 Å². The minimum Gasteiger partial charge on any atom is -0.311 e. The van der Waals surface area contributed by atoms with Crippen LogP contribution in [0.5, 0.6) is 0 Å². The van der Waals surface area contributed by atoms with E-state index in [1.807, 2.05) is 0 Å². The summed E-state index contributed by atoms with van der Waals surface area (Å²) in [6.45, 7) is 13.7. The third-order valence-electron chi connectivity index (χ3n) is 12.6. The number of benzene rings is 8. The van der Waals surface area contributed by atoms with E-state index in [0.29, 0.717) is 0 Å². The molecule has 0 fully saturated rings. The lowest BCUT2D eigenvalue weighted by Crippen LogP contribution is -2.61. The maximum absolute atomic E-state index is 5.03. The Balaban J connectivity index is 1.28. The molecule has 0 radical (unpaired) electrons. The third-order valence-corrected chi connectivity index (χ3v) is 12.6. The third kappa shape index (κ3) is 5.67. The molecule has 5 heteroatoms. The summed E-state index contributed by atoms with van der Waals surface area (Å²) in [5.41, 5.74) is 16.4. The summed E-state index contributed by atoms with van der Waals surface area (Å²) < 4.78 is 0. The molecule has 0 aliphatic carbocycles. The summed E-state index contributed by atoms with van der Waals surface area (Å²) in [5.74, 6) is 0. The fourth-order valence-corrected chi connectivity index (χ4v) is 9.52. The van der Waals surface area contributed by atoms with Gasteiger partial charge in [0, 0.05) is 45.1 Å². The van der Waals surface area contributed by atoms with Gasteiger partial charge in [0.2, 0.25) is 0 Å². The molecule has 1 aromatic heterocycles. The second-order valence-electron chi connectivity index (χ2n) is 18.4. The molecule has 2 aliphatic rings. The molecule has 4 nitrogen and oxygen atoms in total. The zero-order chi connectivity index (χ0) is 40.2. The molecule has 0 spiro atoms. The standard InChI is InChI=1S/C54H45BN4/c1-53(2,3)39-19-23-41(24-20-39)58-47-29-36-15-9-7-13-34(36)27-44(47)55-45-28-35-14-8-10-16-37(35)30-48(45)59(42-25-21-40(22-26-42)54(4,5)6)50-32-38(31-49(58)51(50)55)52-43-17-11-12-18-46(43)56-33-57-52/h7-33H,1-6H3. The quantitative estimate of drug-likeness (QED) is 0.168. The lowest BCUT2D eigenvalue weighted by molar-refractivity contribution is 0.590. The summed E-state index contributed by atoms with van der Waals surface area (Å²) in [5, 5.41) is 5.96. The summed E-state index contributed by atoms with van der Waals surface area (Å²) in [6.07, 6.45) is 1.71. The van der Waals surface area contributed by atoms with Crippen molar-refractivity contribution in [3.8, 4) is 11.3 Å². The second kappa shape index (κ2) is 12.9. The highest BCUT2D eigenvalue weighted by Gasteiger charge is 2.44. The molecule has 59 heavy (non-hydrogen) atoms. The van der Waals surface area contributed by atoms with Crippen LogP contribution in [0.3, 0.4) is 0 Å². The van der Waals surface area contributed by atoms with Gasteiger partial charge in [-0.05, 0) is 114 Å². The fraction of sp³-hybridized carbons (Fsp3) is 0.148. The second-order valence-corrected chi connectivity index (χ2v) is 18.4. The van der Waals surface area contributed by atoms with Crippen molar-refractivity contribution in [2.45, 2.75) is 52.4 Å². The van der Waals surface area contributed by atoms with E-state index in [-0.39, 0.29) is 17.5 Å². The molecule has 0 saturated heterocycles. The van der Waals surface area contributed by atoms with Crippen molar-refractivity contribution in [2.24, 2.45) is 0 Å². The van der Waals surface area contributed by atoms with Crippen LogP contribution in [0.1, 0.15) is 52.7 Å². The predicted octanol–water partition coefficient (Wildman–Crippen LogP) is 12.3. The molecule has 284 valence electrons. The van der Waals surface area contributed by atoms with Gasteiger partial charge in [0.1, 0.15) is 6.33 Å². The maximum Gasteiger partial charge on any atom is 0.252 e. The number of rotatable bonds is 3. The van der Waals surface area contributed by atoms with Gasteiger partial charge in [-0.1, -0.05) is 145 Å². The van der Waals surface area contributed by atoms with Crippen molar-refractivity contribution in [1.29, 1.82) is 0 Å². The first-order valence-electron chi connectivity index (χ1n) is 20.8. The predicted molar refractivity (Wildman–Crippen MR) is 251 cm³/mol. The number of fused-ring (bicyclic) bond motifs is 7. The number of hydrogen-bond acceptors (Lipinski definition) is 4. The Morgan fingerprint density at radius 2 is 0.881 bits per heavy atom. The van der Waals surface area contributed by atoms with Crippen molar-refractivity contribution in [1.82, 2.24) is 9.97 Å². The van der Waals surface area contributed by atoms with Gasteiger partial charge in [0.25, 0.3) is 6.71 Å². The summed E-state index contributed by atoms with van der Waals surface area (Å²) in [6, 6.07) is 59.0. The molecule has 8 aromatic carbocycles. The van der Waals surface area contributed by atoms with E-state index in [9.17, 15) is 0 Å². The van der Waals surface area contributed by atoms with Crippen molar-refractivity contribution < 1.29 is 0 Å². The van der Waals surface area contributed by atoms with Gasteiger partial charge in [-0.25, -0.2) is 9.97 Å². The average molecular weight is 761 g/mol. The molecule has 0 unspecified atom stereocenters. The minimum atomic E-state index is -0.0226. The molecule has 3 heterocycles. The Morgan fingerprint density at radius 3 is 1.36 bits per heavy atom. The van der Waals surface area contributed by atoms with E-state index >= 15 is 0 Å². The normalized spacial score (nSPS) is 13.5. The van der Waals surface area contributed by atoms with Gasteiger partial charge in [-0.3, -0.25) is 0 Å². The van der Waals surface area contributed by atoms with Crippen LogP contribution in [0, 0.1) is 0 Å². The van der Waals surface area contributed by atoms with Gasteiger partial charge >= 0.3 is 0 Å². The minimum absolute atomic E-state index is 0.0226. The zero-order valence-electron chi connectivity index (χ0n) is 34.5. The molecule has 0 bridgehead atoms. The molecule has 0 N–H and O–H groups in total. The number of para-hydroxylation sites is 1. The SMILES string of the molecule is CC(C)(C)c1ccc(N2c3cc4ccccc4cc3B3c4cc5ccccc5cc4N(c4ccc(C(C)(C)C)cc4)c4cc(-c5ncnc6ccccc56)cc2c43)cc1. The smallest absolute Gasteiger partial charge is 0.252 e. The fourth-order valence-electron chi connectivity index (χ4n) is 9.52. The van der Waals surface area contributed by atoms with Crippen molar-refractivity contribution in [2.75, 3.05) is 9.80 Å². The summed E-state index contributed by atoms with van der Waals surface area (Å²) in [4.78, 5) is 14.8. The Labute approximate surface area is 346 Å². The Bertz CT molecular complexity index is 2960. The number of anilines is 6. The zero-order valence-corrected chi connectivity index (χ0v) is 34.5. The summed E-state index contributed by atoms with van der Waals surface area (Å²) in [7, 11) is 0. The van der Waals surface area contributed by atoms with Gasteiger partial charge in [0.05, 0.1) is 11.2 Å². The Kier molecular flexibility index (Phi) is 7.75. The average Bonchev–Trinajstić information content (AvgIpc) is 3.24. The highest BCUT2D eigenvalue weighted by molar-refractivity contribution is 7.00. The molecule has 2 aliphatic heterocycles. The molecule has 9 aromatic rings. The first-order valence-corrected chi connectivity index (χ1v) is 20.8.